The molecule has 1 N–H and O–H groups in total. The Labute approximate surface area is 221 Å². The van der Waals surface area contributed by atoms with E-state index in [0.29, 0.717) is 11.3 Å². The predicted molar refractivity (Wildman–Crippen MR) is 164 cm³/mol. The van der Waals surface area contributed by atoms with E-state index in [4.69, 9.17) is 0 Å². The number of fused-ring (bicyclic) bond motifs is 1. The summed E-state index contributed by atoms with van der Waals surface area (Å²) in [7, 11) is 1.94. The number of para-hydroxylation sites is 1. The van der Waals surface area contributed by atoms with Gasteiger partial charge in [0.1, 0.15) is 0 Å². The van der Waals surface area contributed by atoms with Crippen LogP contribution in [0.3, 0.4) is 0 Å². The lowest BCUT2D eigenvalue weighted by molar-refractivity contribution is 0.291. The highest BCUT2D eigenvalue weighted by atomic mass is 15.0. The van der Waals surface area contributed by atoms with Gasteiger partial charge in [0.15, 0.2) is 0 Å². The lowest BCUT2D eigenvalue weighted by atomic mass is 9.77. The van der Waals surface area contributed by atoms with Gasteiger partial charge in [0.25, 0.3) is 0 Å². The summed E-state index contributed by atoms with van der Waals surface area (Å²) >= 11 is 0. The third-order valence-corrected chi connectivity index (χ3v) is 6.28. The Hall–Kier alpha value is -3.26. The smallest absolute Gasteiger partial charge is 0.0534 e. The van der Waals surface area contributed by atoms with Crippen molar-refractivity contribution in [1.82, 2.24) is 4.57 Å². The first kappa shape index (κ1) is 30.8. The molecule has 1 unspecified atom stereocenters. The second-order valence-electron chi connectivity index (χ2n) is 10.3. The maximum Gasteiger partial charge on any atom is 0.0534 e. The van der Waals surface area contributed by atoms with Gasteiger partial charge in [-0.1, -0.05) is 81.5 Å². The van der Waals surface area contributed by atoms with Crippen molar-refractivity contribution in [1.29, 1.82) is 0 Å². The molecule has 0 aliphatic heterocycles. The highest BCUT2D eigenvalue weighted by Gasteiger charge is 2.21. The zero-order valence-electron chi connectivity index (χ0n) is 24.2. The summed E-state index contributed by atoms with van der Waals surface area (Å²) in [6.45, 7) is 24.8. The van der Waals surface area contributed by atoms with E-state index in [9.17, 15) is 0 Å². The minimum Gasteiger partial charge on any atom is -0.388 e. The molecule has 0 spiro atoms. The molecule has 0 saturated carbocycles. The van der Waals surface area contributed by atoms with Crippen LogP contribution >= 0.6 is 0 Å². The van der Waals surface area contributed by atoms with Crippen LogP contribution in [0.5, 0.6) is 0 Å². The van der Waals surface area contributed by atoms with E-state index in [1.54, 1.807) is 6.08 Å². The Balaban J connectivity index is 0.000000328. The summed E-state index contributed by atoms with van der Waals surface area (Å²) in [5.41, 5.74) is 7.90. The maximum atomic E-state index is 3.96. The van der Waals surface area contributed by atoms with E-state index in [-0.39, 0.29) is 0 Å². The minimum atomic E-state index is 0.353. The average Bonchev–Trinajstić information content (AvgIpc) is 3.09. The van der Waals surface area contributed by atoms with E-state index in [1.807, 2.05) is 26.1 Å². The first-order valence-electron chi connectivity index (χ1n) is 12.9. The molecule has 0 amide bonds. The van der Waals surface area contributed by atoms with Gasteiger partial charge in [-0.2, -0.15) is 0 Å². The zero-order chi connectivity index (χ0) is 27.3. The SMILES string of the molecule is C=C(C)CC(/C=C\C)C(C)(C)C.C=C/C=C\C.CNc1ccc(-n2c(C)c(C)c3ccccc32)cc1. The number of allylic oxidation sites excluding steroid dienone is 6. The molecule has 0 aliphatic carbocycles. The van der Waals surface area contributed by atoms with Crippen molar-refractivity contribution < 1.29 is 0 Å². The van der Waals surface area contributed by atoms with Crippen LogP contribution in [0.2, 0.25) is 0 Å². The highest BCUT2D eigenvalue weighted by molar-refractivity contribution is 5.87. The summed E-state index contributed by atoms with van der Waals surface area (Å²) in [6, 6.07) is 17.1. The molecular formula is C34H48N2. The van der Waals surface area contributed by atoms with Crippen molar-refractivity contribution in [3.8, 4) is 5.69 Å². The van der Waals surface area contributed by atoms with E-state index in [0.717, 1.165) is 12.1 Å². The second kappa shape index (κ2) is 15.0. The molecule has 194 valence electrons. The number of aromatic nitrogens is 1. The molecule has 1 aromatic heterocycles. The third-order valence-electron chi connectivity index (χ3n) is 6.28. The Morgan fingerprint density at radius 2 is 1.61 bits per heavy atom. The third kappa shape index (κ3) is 9.07. The molecule has 0 bridgehead atoms. The number of nitrogens with zero attached hydrogens (tertiary/aromatic N) is 1. The van der Waals surface area contributed by atoms with Gasteiger partial charge in [-0.05, 0) is 88.3 Å². The Kier molecular flexibility index (Phi) is 12.8. The largest absolute Gasteiger partial charge is 0.388 e. The molecule has 3 aromatic rings. The lowest BCUT2D eigenvalue weighted by Gasteiger charge is -2.28. The molecule has 2 aromatic carbocycles. The van der Waals surface area contributed by atoms with Crippen LogP contribution in [0, 0.1) is 25.2 Å². The first-order chi connectivity index (χ1) is 17.0. The topological polar surface area (TPSA) is 17.0 Å². The molecule has 0 fully saturated rings. The number of anilines is 1. The normalized spacial score (nSPS) is 12.0. The van der Waals surface area contributed by atoms with Crippen molar-refractivity contribution >= 4 is 16.6 Å². The second-order valence-corrected chi connectivity index (χ2v) is 10.3. The van der Waals surface area contributed by atoms with Gasteiger partial charge in [0.2, 0.25) is 0 Å². The fourth-order valence-corrected chi connectivity index (χ4v) is 4.05. The van der Waals surface area contributed by atoms with Crippen molar-refractivity contribution in [3.05, 3.63) is 109 Å². The van der Waals surface area contributed by atoms with Crippen LogP contribution < -0.4 is 5.32 Å². The molecule has 0 radical (unpaired) electrons. The predicted octanol–water partition coefficient (Wildman–Crippen LogP) is 10.2. The Morgan fingerprint density at radius 3 is 2.06 bits per heavy atom. The van der Waals surface area contributed by atoms with E-state index in [1.165, 1.54) is 33.4 Å². The highest BCUT2D eigenvalue weighted by Crippen LogP contribution is 2.32. The number of rotatable bonds is 6. The molecule has 3 rings (SSSR count). The average molecular weight is 485 g/mol. The molecule has 1 heterocycles. The molecule has 1 atom stereocenters. The lowest BCUT2D eigenvalue weighted by Crippen LogP contribution is -2.18. The Bertz CT molecular complexity index is 1150. The quantitative estimate of drug-likeness (QED) is 0.272. The molecule has 2 nitrogen and oxygen atoms in total. The van der Waals surface area contributed by atoms with Gasteiger partial charge in [0, 0.05) is 29.5 Å². The van der Waals surface area contributed by atoms with Gasteiger partial charge < -0.3 is 9.88 Å². The monoisotopic (exact) mass is 484 g/mol. The fraction of sp³-hybridized carbons (Fsp3) is 0.353. The molecular weight excluding hydrogens is 436 g/mol. The maximum absolute atomic E-state index is 3.96. The van der Waals surface area contributed by atoms with E-state index < -0.39 is 0 Å². The number of aryl methyl sites for hydroxylation is 1. The van der Waals surface area contributed by atoms with Crippen molar-refractivity contribution in [2.75, 3.05) is 12.4 Å². The van der Waals surface area contributed by atoms with Crippen LogP contribution in [-0.2, 0) is 0 Å². The fourth-order valence-electron chi connectivity index (χ4n) is 4.05. The summed E-state index contributed by atoms with van der Waals surface area (Å²) < 4.78 is 2.32. The summed E-state index contributed by atoms with van der Waals surface area (Å²) in [5, 5.41) is 4.48. The van der Waals surface area contributed by atoms with Gasteiger partial charge in [-0.25, -0.2) is 0 Å². The molecule has 36 heavy (non-hydrogen) atoms. The van der Waals surface area contributed by atoms with Gasteiger partial charge in [-0.15, -0.1) is 6.58 Å². The van der Waals surface area contributed by atoms with Crippen LogP contribution in [0.15, 0.2) is 97.6 Å². The first-order valence-corrected chi connectivity index (χ1v) is 12.9. The van der Waals surface area contributed by atoms with Crippen LogP contribution in [0.4, 0.5) is 5.69 Å². The number of hydrogen-bond acceptors (Lipinski definition) is 1. The minimum absolute atomic E-state index is 0.353. The zero-order valence-corrected chi connectivity index (χ0v) is 24.2. The van der Waals surface area contributed by atoms with Gasteiger partial charge >= 0.3 is 0 Å². The molecule has 2 heteroatoms. The van der Waals surface area contributed by atoms with Crippen LogP contribution in [-0.4, -0.2) is 11.6 Å². The summed E-state index contributed by atoms with van der Waals surface area (Å²) in [5.74, 6) is 0.625. The summed E-state index contributed by atoms with van der Waals surface area (Å²) in [4.78, 5) is 0. The van der Waals surface area contributed by atoms with Crippen molar-refractivity contribution in [2.24, 2.45) is 11.3 Å². The molecule has 0 saturated heterocycles. The van der Waals surface area contributed by atoms with E-state index in [2.05, 4.69) is 132 Å². The summed E-state index contributed by atoms with van der Waals surface area (Å²) in [6.07, 6.45) is 11.1. The number of hydrogen-bond donors (Lipinski definition) is 1. The van der Waals surface area contributed by atoms with Crippen LogP contribution in [0.1, 0.15) is 59.2 Å². The standard InChI is InChI=1S/C17H18N2.C12H22.C5H8/c1-12-13(2)19(17-7-5-4-6-16(12)17)15-10-8-14(18-3)9-11-15;1-7-8-11(9-10(2)3)12(4,5)6;1-3-5-4-2/h4-11,18H,1-3H3;7-8,11H,2,9H2,1,3-6H3;3-5H,1H2,2H3/b;8-7-;5-4-. The molecule has 0 aliphatic rings. The van der Waals surface area contributed by atoms with Crippen molar-refractivity contribution in [3.63, 3.8) is 0 Å². The van der Waals surface area contributed by atoms with Crippen LogP contribution in [0.25, 0.3) is 16.6 Å². The van der Waals surface area contributed by atoms with Crippen molar-refractivity contribution in [2.45, 2.75) is 61.8 Å². The van der Waals surface area contributed by atoms with Gasteiger partial charge in [-0.3, -0.25) is 0 Å². The number of nitrogens with one attached hydrogen (secondary N) is 1. The number of benzene rings is 2. The van der Waals surface area contributed by atoms with E-state index >= 15 is 0 Å². The Morgan fingerprint density at radius 1 is 1.00 bits per heavy atom. The van der Waals surface area contributed by atoms with Gasteiger partial charge in [0.05, 0.1) is 5.52 Å².